The van der Waals surface area contributed by atoms with Crippen LogP contribution in [0.25, 0.3) is 6.08 Å². The van der Waals surface area contributed by atoms with Gasteiger partial charge in [-0.1, -0.05) is 38.1 Å². The van der Waals surface area contributed by atoms with Crippen LogP contribution in [0.15, 0.2) is 54.6 Å². The summed E-state index contributed by atoms with van der Waals surface area (Å²) in [5.74, 6) is 1.55. The van der Waals surface area contributed by atoms with Gasteiger partial charge in [-0.05, 0) is 54.0 Å². The average Bonchev–Trinajstić information content (AvgIpc) is 2.66. The van der Waals surface area contributed by atoms with E-state index in [1.165, 1.54) is 6.08 Å². The molecule has 1 amide bonds. The maximum Gasteiger partial charge on any atom is 0.250 e. The first-order valence-corrected chi connectivity index (χ1v) is 9.04. The Bertz CT molecular complexity index is 801. The van der Waals surface area contributed by atoms with Crippen molar-refractivity contribution in [3.05, 3.63) is 60.2 Å². The van der Waals surface area contributed by atoms with Crippen LogP contribution in [0.5, 0.6) is 11.5 Å². The Morgan fingerprint density at radius 1 is 1.15 bits per heavy atom. The molecule has 0 saturated heterocycles. The third-order valence-corrected chi connectivity index (χ3v) is 3.69. The molecule has 0 aliphatic heterocycles. The van der Waals surface area contributed by atoms with Crippen LogP contribution in [0.2, 0.25) is 0 Å². The van der Waals surface area contributed by atoms with Gasteiger partial charge >= 0.3 is 0 Å². The Morgan fingerprint density at radius 2 is 1.85 bits per heavy atom. The molecule has 0 saturated carbocycles. The third kappa shape index (κ3) is 7.11. The van der Waals surface area contributed by atoms with Gasteiger partial charge in [0.1, 0.15) is 11.5 Å². The summed E-state index contributed by atoms with van der Waals surface area (Å²) >= 11 is 5.22. The lowest BCUT2D eigenvalue weighted by Gasteiger charge is -2.15. The molecule has 2 aromatic carbocycles. The van der Waals surface area contributed by atoms with Crippen molar-refractivity contribution in [2.45, 2.75) is 13.8 Å². The number of nitrogens with one attached hydrogen (secondary N) is 2. The lowest BCUT2D eigenvalue weighted by Crippen LogP contribution is -2.33. The van der Waals surface area contributed by atoms with E-state index in [4.69, 9.17) is 21.7 Å². The van der Waals surface area contributed by atoms with Gasteiger partial charge in [-0.3, -0.25) is 10.1 Å². The second-order valence-electron chi connectivity index (χ2n) is 6.25. The van der Waals surface area contributed by atoms with E-state index in [9.17, 15) is 4.79 Å². The highest BCUT2D eigenvalue weighted by atomic mass is 32.1. The molecular formula is C21H24N2O3S. The zero-order valence-corrected chi connectivity index (χ0v) is 16.5. The molecule has 5 nitrogen and oxygen atoms in total. The lowest BCUT2D eigenvalue weighted by atomic mass is 10.2. The van der Waals surface area contributed by atoms with Crippen LogP contribution in [0, 0.1) is 5.92 Å². The molecule has 0 aliphatic carbocycles. The van der Waals surface area contributed by atoms with Crippen molar-refractivity contribution >= 4 is 35.0 Å². The molecule has 0 heterocycles. The van der Waals surface area contributed by atoms with Gasteiger partial charge in [0.05, 0.1) is 19.4 Å². The molecule has 0 fully saturated rings. The number of para-hydroxylation sites is 2. The van der Waals surface area contributed by atoms with Crippen LogP contribution >= 0.6 is 12.2 Å². The number of amides is 1. The second-order valence-corrected chi connectivity index (χ2v) is 6.66. The number of thiocarbonyl (C=S) groups is 1. The van der Waals surface area contributed by atoms with Crippen molar-refractivity contribution in [2.75, 3.05) is 19.0 Å². The summed E-state index contributed by atoms with van der Waals surface area (Å²) in [7, 11) is 1.61. The van der Waals surface area contributed by atoms with Crippen molar-refractivity contribution in [1.82, 2.24) is 5.32 Å². The fourth-order valence-electron chi connectivity index (χ4n) is 2.15. The minimum absolute atomic E-state index is 0.208. The van der Waals surface area contributed by atoms with Gasteiger partial charge in [-0.25, -0.2) is 0 Å². The van der Waals surface area contributed by atoms with Crippen LogP contribution in [0.4, 0.5) is 5.69 Å². The first kappa shape index (κ1) is 20.5. The molecule has 2 aromatic rings. The Balaban J connectivity index is 1.91. The summed E-state index contributed by atoms with van der Waals surface area (Å²) in [4.78, 5) is 12.1. The van der Waals surface area contributed by atoms with E-state index in [0.29, 0.717) is 24.0 Å². The fraction of sp³-hybridized carbons (Fsp3) is 0.238. The molecule has 0 spiro atoms. The van der Waals surface area contributed by atoms with E-state index in [1.54, 1.807) is 13.2 Å². The van der Waals surface area contributed by atoms with Gasteiger partial charge in [0.2, 0.25) is 5.91 Å². The number of anilines is 1. The standard InChI is InChI=1S/C21H24N2O3S/c1-15(2)14-26-19-7-5-4-6-18(19)22-21(27)23-20(24)13-10-16-8-11-17(25-3)12-9-16/h4-13,15H,14H2,1-3H3,(H2,22,23,24,27)/b13-10+. The highest BCUT2D eigenvalue weighted by Crippen LogP contribution is 2.24. The predicted molar refractivity (Wildman–Crippen MR) is 113 cm³/mol. The van der Waals surface area contributed by atoms with Crippen LogP contribution in [-0.4, -0.2) is 24.7 Å². The number of ether oxygens (including phenoxy) is 2. The van der Waals surface area contributed by atoms with Crippen molar-refractivity contribution < 1.29 is 14.3 Å². The van der Waals surface area contributed by atoms with Gasteiger partial charge in [0.15, 0.2) is 5.11 Å². The van der Waals surface area contributed by atoms with Crippen LogP contribution in [0.3, 0.4) is 0 Å². The minimum atomic E-state index is -0.316. The van der Waals surface area contributed by atoms with Crippen molar-refractivity contribution in [1.29, 1.82) is 0 Å². The molecule has 0 bridgehead atoms. The Kier molecular flexibility index (Phi) is 7.82. The lowest BCUT2D eigenvalue weighted by molar-refractivity contribution is -0.115. The third-order valence-electron chi connectivity index (χ3n) is 3.49. The number of carbonyl (C=O) groups is 1. The average molecular weight is 385 g/mol. The second kappa shape index (κ2) is 10.3. The zero-order valence-electron chi connectivity index (χ0n) is 15.7. The molecule has 0 aliphatic rings. The number of carbonyl (C=O) groups excluding carboxylic acids is 1. The first-order valence-electron chi connectivity index (χ1n) is 8.64. The van der Waals surface area contributed by atoms with Gasteiger partial charge in [0.25, 0.3) is 0 Å². The first-order chi connectivity index (χ1) is 13.0. The molecule has 0 atom stereocenters. The van der Waals surface area contributed by atoms with E-state index in [-0.39, 0.29) is 11.0 Å². The molecular weight excluding hydrogens is 360 g/mol. The van der Waals surface area contributed by atoms with E-state index in [2.05, 4.69) is 24.5 Å². The Morgan fingerprint density at radius 3 is 2.52 bits per heavy atom. The van der Waals surface area contributed by atoms with Crippen LogP contribution in [-0.2, 0) is 4.79 Å². The van der Waals surface area contributed by atoms with E-state index < -0.39 is 0 Å². The fourth-order valence-corrected chi connectivity index (χ4v) is 2.36. The maximum atomic E-state index is 12.1. The summed E-state index contributed by atoms with van der Waals surface area (Å²) in [5, 5.41) is 5.84. The molecule has 0 unspecified atom stereocenters. The van der Waals surface area contributed by atoms with E-state index in [1.807, 2.05) is 48.5 Å². The maximum absolute atomic E-state index is 12.1. The summed E-state index contributed by atoms with van der Waals surface area (Å²) in [6.45, 7) is 4.76. The molecule has 2 N–H and O–H groups in total. The number of rotatable bonds is 7. The zero-order chi connectivity index (χ0) is 19.6. The van der Waals surface area contributed by atoms with Gasteiger partial charge < -0.3 is 14.8 Å². The van der Waals surface area contributed by atoms with Gasteiger partial charge in [0, 0.05) is 6.08 Å². The molecule has 6 heteroatoms. The molecule has 2 rings (SSSR count). The van der Waals surface area contributed by atoms with Crippen molar-refractivity contribution in [2.24, 2.45) is 5.92 Å². The quantitative estimate of drug-likeness (QED) is 0.552. The predicted octanol–water partition coefficient (Wildman–Crippen LogP) is 4.26. The monoisotopic (exact) mass is 384 g/mol. The number of methoxy groups -OCH3 is 1. The number of benzene rings is 2. The molecule has 142 valence electrons. The van der Waals surface area contributed by atoms with Gasteiger partial charge in [-0.15, -0.1) is 0 Å². The molecule has 0 radical (unpaired) electrons. The highest BCUT2D eigenvalue weighted by Gasteiger charge is 2.07. The summed E-state index contributed by atoms with van der Waals surface area (Å²) in [6.07, 6.45) is 3.13. The van der Waals surface area contributed by atoms with Gasteiger partial charge in [-0.2, -0.15) is 0 Å². The smallest absolute Gasteiger partial charge is 0.250 e. The minimum Gasteiger partial charge on any atom is -0.497 e. The Labute approximate surface area is 165 Å². The van der Waals surface area contributed by atoms with Crippen molar-refractivity contribution in [3.63, 3.8) is 0 Å². The number of hydrogen-bond acceptors (Lipinski definition) is 4. The van der Waals surface area contributed by atoms with Crippen LogP contribution < -0.4 is 20.1 Å². The molecule has 0 aromatic heterocycles. The molecule has 27 heavy (non-hydrogen) atoms. The largest absolute Gasteiger partial charge is 0.497 e. The summed E-state index contributed by atoms with van der Waals surface area (Å²) < 4.78 is 10.9. The highest BCUT2D eigenvalue weighted by molar-refractivity contribution is 7.80. The topological polar surface area (TPSA) is 59.6 Å². The summed E-state index contributed by atoms with van der Waals surface area (Å²) in [5.41, 5.74) is 1.60. The van der Waals surface area contributed by atoms with E-state index in [0.717, 1.165) is 11.3 Å². The Hall–Kier alpha value is -2.86. The summed E-state index contributed by atoms with van der Waals surface area (Å²) in [6, 6.07) is 14.9. The SMILES string of the molecule is COc1ccc(/C=C/C(=O)NC(=S)Nc2ccccc2OCC(C)C)cc1. The van der Waals surface area contributed by atoms with Crippen LogP contribution in [0.1, 0.15) is 19.4 Å². The number of hydrogen-bond donors (Lipinski definition) is 2. The van der Waals surface area contributed by atoms with Crippen molar-refractivity contribution in [3.8, 4) is 11.5 Å². The normalized spacial score (nSPS) is 10.7. The van der Waals surface area contributed by atoms with E-state index >= 15 is 0 Å².